The average Bonchev–Trinajstić information content (AvgIpc) is 2.72. The molecular weight excluding hydrogens is 422 g/mol. The van der Waals surface area contributed by atoms with E-state index in [1.54, 1.807) is 25.1 Å². The molecule has 0 aromatic heterocycles. The van der Waals surface area contributed by atoms with Crippen molar-refractivity contribution in [2.45, 2.75) is 43.4 Å². The first-order valence-electron chi connectivity index (χ1n) is 9.36. The topological polar surface area (TPSA) is 110 Å². The maximum absolute atomic E-state index is 13.8. The van der Waals surface area contributed by atoms with E-state index in [1.807, 2.05) is 0 Å². The fourth-order valence-corrected chi connectivity index (χ4v) is 3.94. The molecule has 2 unspecified atom stereocenters. The van der Waals surface area contributed by atoms with Crippen LogP contribution in [0, 0.1) is 18.6 Å². The van der Waals surface area contributed by atoms with E-state index in [9.17, 15) is 34.3 Å². The molecule has 6 atom stereocenters. The number of hydrogen-bond donors (Lipinski definition) is 5. The van der Waals surface area contributed by atoms with Gasteiger partial charge in [-0.2, -0.15) is 0 Å². The lowest BCUT2D eigenvalue weighted by atomic mass is 9.82. The van der Waals surface area contributed by atoms with Gasteiger partial charge in [0.25, 0.3) is 0 Å². The minimum atomic E-state index is -1.56. The van der Waals surface area contributed by atoms with Gasteiger partial charge >= 0.3 is 0 Å². The van der Waals surface area contributed by atoms with Crippen molar-refractivity contribution < 1.29 is 39.1 Å². The molecule has 5 N–H and O–H groups in total. The smallest absolute Gasteiger partial charge is 0.145 e. The highest BCUT2D eigenvalue weighted by molar-refractivity contribution is 6.31. The molecule has 1 saturated heterocycles. The van der Waals surface area contributed by atoms with Crippen molar-refractivity contribution in [3.05, 3.63) is 58.1 Å². The normalized spacial score (nSPS) is 27.8. The van der Waals surface area contributed by atoms with Crippen LogP contribution < -0.4 is 0 Å². The van der Waals surface area contributed by atoms with Crippen LogP contribution in [0.4, 0.5) is 8.78 Å². The monoisotopic (exact) mass is 444 g/mol. The predicted octanol–water partition coefficient (Wildman–Crippen LogP) is 1.51. The van der Waals surface area contributed by atoms with Crippen molar-refractivity contribution in [2.75, 3.05) is 13.2 Å². The molecule has 0 amide bonds. The van der Waals surface area contributed by atoms with Gasteiger partial charge in [-0.1, -0.05) is 29.8 Å². The second-order valence-electron chi connectivity index (χ2n) is 7.41. The zero-order chi connectivity index (χ0) is 22.2. The summed E-state index contributed by atoms with van der Waals surface area (Å²) >= 11 is 5.53. The second-order valence-corrected chi connectivity index (χ2v) is 7.79. The van der Waals surface area contributed by atoms with Crippen LogP contribution in [0.25, 0.3) is 11.1 Å². The number of aliphatic hydroxyl groups is 5. The van der Waals surface area contributed by atoms with Gasteiger partial charge in [0.05, 0.1) is 19.3 Å². The zero-order valence-electron chi connectivity index (χ0n) is 16.0. The van der Waals surface area contributed by atoms with Crippen LogP contribution in [-0.4, -0.2) is 69.3 Å². The third-order valence-electron chi connectivity index (χ3n) is 5.51. The number of aryl methyl sites for hydroxylation is 1. The summed E-state index contributed by atoms with van der Waals surface area (Å²) in [7, 11) is 0. The molecule has 1 aliphatic heterocycles. The van der Waals surface area contributed by atoms with Gasteiger partial charge in [-0.15, -0.1) is 0 Å². The van der Waals surface area contributed by atoms with E-state index in [4.69, 9.17) is 16.3 Å². The summed E-state index contributed by atoms with van der Waals surface area (Å²) in [6.07, 6.45) is -6.76. The van der Waals surface area contributed by atoms with Gasteiger partial charge in [-0.3, -0.25) is 0 Å². The number of hydrogen-bond acceptors (Lipinski definition) is 6. The fraction of sp³-hybridized carbons (Fsp3) is 0.429. The van der Waals surface area contributed by atoms with Crippen LogP contribution in [0.3, 0.4) is 0 Å². The lowest BCUT2D eigenvalue weighted by Crippen LogP contribution is -2.60. The van der Waals surface area contributed by atoms with Gasteiger partial charge < -0.3 is 30.3 Å². The Kier molecular flexibility index (Phi) is 7.09. The van der Waals surface area contributed by atoms with Crippen LogP contribution in [0.2, 0.25) is 5.02 Å². The Balaban J connectivity index is 1.94. The summed E-state index contributed by atoms with van der Waals surface area (Å²) < 4.78 is 33.2. The summed E-state index contributed by atoms with van der Waals surface area (Å²) in [5.41, 5.74) is 1.99. The van der Waals surface area contributed by atoms with Gasteiger partial charge in [0.15, 0.2) is 0 Å². The molecule has 2 aromatic carbocycles. The van der Waals surface area contributed by atoms with Gasteiger partial charge in [-0.25, -0.2) is 8.78 Å². The van der Waals surface area contributed by atoms with E-state index in [0.29, 0.717) is 16.7 Å². The molecule has 0 bridgehead atoms. The molecule has 1 aliphatic rings. The highest BCUT2D eigenvalue weighted by Gasteiger charge is 2.46. The summed E-state index contributed by atoms with van der Waals surface area (Å²) in [6, 6.07) is 7.10. The van der Waals surface area contributed by atoms with Gasteiger partial charge in [0, 0.05) is 5.92 Å². The Morgan fingerprint density at radius 3 is 2.13 bits per heavy atom. The van der Waals surface area contributed by atoms with Crippen LogP contribution in [0.1, 0.15) is 17.0 Å². The van der Waals surface area contributed by atoms with E-state index >= 15 is 0 Å². The largest absolute Gasteiger partial charge is 0.396 e. The van der Waals surface area contributed by atoms with E-state index in [1.165, 1.54) is 0 Å². The molecule has 6 nitrogen and oxygen atoms in total. The molecular formula is C21H23ClF2O6. The highest BCUT2D eigenvalue weighted by Crippen LogP contribution is 2.35. The molecule has 0 aliphatic carbocycles. The van der Waals surface area contributed by atoms with Gasteiger partial charge in [-0.05, 0) is 41.3 Å². The second kappa shape index (κ2) is 9.23. The SMILES string of the molecule is Cc1cc(-c2cc(F)c(Cl)c(F)c2)ccc1[C@@H](CO)[C@H]1OC(CO)[C@@H](O)[C@H](O)C1O. The van der Waals surface area contributed by atoms with E-state index in [2.05, 4.69) is 0 Å². The maximum atomic E-state index is 13.8. The standard InChI is InChI=1S/C21H23ClF2O6/c1-9-4-10(11-5-14(23)17(22)15(24)6-11)2-3-12(9)13(7-25)21-20(29)19(28)18(27)16(8-26)30-21/h2-6,13,16,18-21,25-29H,7-8H2,1H3/t13-,16?,18-,19+,20?,21-/m1/s1. The van der Waals surface area contributed by atoms with Crippen molar-refractivity contribution in [1.82, 2.24) is 0 Å². The van der Waals surface area contributed by atoms with Gasteiger partial charge in [0.1, 0.15) is 41.1 Å². The molecule has 164 valence electrons. The molecule has 1 fully saturated rings. The molecule has 0 saturated carbocycles. The van der Waals surface area contributed by atoms with Crippen molar-refractivity contribution in [2.24, 2.45) is 0 Å². The first-order chi connectivity index (χ1) is 14.2. The Morgan fingerprint density at radius 1 is 0.967 bits per heavy atom. The molecule has 0 spiro atoms. The fourth-order valence-electron chi connectivity index (χ4n) is 3.84. The Hall–Kier alpha value is -1.65. The first-order valence-corrected chi connectivity index (χ1v) is 9.74. The minimum absolute atomic E-state index is 0.275. The molecule has 0 radical (unpaired) electrons. The third kappa shape index (κ3) is 4.22. The first kappa shape index (κ1) is 23.0. The van der Waals surface area contributed by atoms with Gasteiger partial charge in [0.2, 0.25) is 0 Å². The Bertz CT molecular complexity index is 886. The predicted molar refractivity (Wildman–Crippen MR) is 105 cm³/mol. The molecule has 3 rings (SSSR count). The zero-order valence-corrected chi connectivity index (χ0v) is 16.8. The van der Waals surface area contributed by atoms with Crippen LogP contribution >= 0.6 is 11.6 Å². The van der Waals surface area contributed by atoms with Crippen LogP contribution in [0.15, 0.2) is 30.3 Å². The number of halogens is 3. The van der Waals surface area contributed by atoms with Crippen molar-refractivity contribution in [3.8, 4) is 11.1 Å². The van der Waals surface area contributed by atoms with E-state index in [0.717, 1.165) is 12.1 Å². The molecule has 30 heavy (non-hydrogen) atoms. The molecule has 1 heterocycles. The lowest BCUT2D eigenvalue weighted by Gasteiger charge is -2.43. The molecule has 2 aromatic rings. The maximum Gasteiger partial charge on any atom is 0.145 e. The number of rotatable bonds is 5. The van der Waals surface area contributed by atoms with E-state index < -0.39 is 66.3 Å². The average molecular weight is 445 g/mol. The summed E-state index contributed by atoms with van der Waals surface area (Å²) in [4.78, 5) is 0. The lowest BCUT2D eigenvalue weighted by molar-refractivity contribution is -0.236. The summed E-state index contributed by atoms with van der Waals surface area (Å²) in [5.74, 6) is -2.56. The number of ether oxygens (including phenoxy) is 1. The van der Waals surface area contributed by atoms with Crippen LogP contribution in [0.5, 0.6) is 0 Å². The summed E-state index contributed by atoms with van der Waals surface area (Å²) in [6.45, 7) is 0.687. The minimum Gasteiger partial charge on any atom is -0.396 e. The number of aliphatic hydroxyl groups excluding tert-OH is 5. The summed E-state index contributed by atoms with van der Waals surface area (Å²) in [5, 5.41) is 49.1. The Labute approximate surface area is 176 Å². The Morgan fingerprint density at radius 2 is 1.60 bits per heavy atom. The van der Waals surface area contributed by atoms with E-state index in [-0.39, 0.29) is 5.56 Å². The number of benzene rings is 2. The van der Waals surface area contributed by atoms with Crippen molar-refractivity contribution in [1.29, 1.82) is 0 Å². The quantitative estimate of drug-likeness (QED) is 0.447. The van der Waals surface area contributed by atoms with Crippen molar-refractivity contribution >= 4 is 11.6 Å². The van der Waals surface area contributed by atoms with Crippen molar-refractivity contribution in [3.63, 3.8) is 0 Å². The van der Waals surface area contributed by atoms with Crippen LogP contribution in [-0.2, 0) is 4.74 Å². The molecule has 9 heteroatoms. The third-order valence-corrected chi connectivity index (χ3v) is 5.87. The highest BCUT2D eigenvalue weighted by atomic mass is 35.5.